The molecule has 1 aromatic carbocycles. The average Bonchev–Trinajstić information content (AvgIpc) is 3.29. The summed E-state index contributed by atoms with van der Waals surface area (Å²) in [7, 11) is 1.77. The molecule has 1 aliphatic heterocycles. The Morgan fingerprint density at radius 2 is 1.94 bits per heavy atom. The van der Waals surface area contributed by atoms with Crippen molar-refractivity contribution in [2.45, 2.75) is 32.9 Å². The fourth-order valence-corrected chi connectivity index (χ4v) is 3.82. The summed E-state index contributed by atoms with van der Waals surface area (Å²) >= 11 is 0. The van der Waals surface area contributed by atoms with Gasteiger partial charge in [-0.05, 0) is 56.0 Å². The molecule has 0 spiro atoms. The summed E-state index contributed by atoms with van der Waals surface area (Å²) in [6, 6.07) is 10.4. The van der Waals surface area contributed by atoms with Crippen molar-refractivity contribution in [3.05, 3.63) is 53.9 Å². The van der Waals surface area contributed by atoms with Crippen LogP contribution in [0.2, 0.25) is 0 Å². The first-order valence-electron chi connectivity index (χ1n) is 11.1. The number of nitrogens with one attached hydrogen (secondary N) is 2. The number of benzene rings is 1. The van der Waals surface area contributed by atoms with Crippen LogP contribution in [0, 0.1) is 5.92 Å². The van der Waals surface area contributed by atoms with Crippen molar-refractivity contribution in [1.29, 1.82) is 0 Å². The molecule has 1 aliphatic rings. The molecular formula is C23H37IN6O. The third-order valence-corrected chi connectivity index (χ3v) is 5.64. The molecule has 7 nitrogen and oxygen atoms in total. The first-order chi connectivity index (χ1) is 14.8. The number of nitrogens with zero attached hydrogens (tertiary/aromatic N) is 4. The van der Waals surface area contributed by atoms with Crippen LogP contribution >= 0.6 is 24.0 Å². The number of hydrogen-bond donors (Lipinski definition) is 2. The normalized spacial score (nSPS) is 15.5. The summed E-state index contributed by atoms with van der Waals surface area (Å²) in [5.74, 6) is 1.59. The van der Waals surface area contributed by atoms with Crippen LogP contribution in [0.1, 0.15) is 30.9 Å². The van der Waals surface area contributed by atoms with Gasteiger partial charge in [-0.25, -0.2) is 4.99 Å². The van der Waals surface area contributed by atoms with Gasteiger partial charge in [0.05, 0.1) is 19.7 Å². The van der Waals surface area contributed by atoms with Gasteiger partial charge < -0.3 is 20.3 Å². The van der Waals surface area contributed by atoms with E-state index in [9.17, 15) is 0 Å². The molecule has 1 fully saturated rings. The Balaban J connectivity index is 0.00000341. The van der Waals surface area contributed by atoms with E-state index in [1.165, 1.54) is 24.0 Å². The Labute approximate surface area is 203 Å². The van der Waals surface area contributed by atoms with Gasteiger partial charge in [0.2, 0.25) is 0 Å². The molecular weight excluding hydrogens is 503 g/mol. The molecule has 0 bridgehead atoms. The second-order valence-electron chi connectivity index (χ2n) is 7.83. The Kier molecular flexibility index (Phi) is 11.9. The lowest BCUT2D eigenvalue weighted by Gasteiger charge is -2.32. The number of halogens is 1. The van der Waals surface area contributed by atoms with Crippen molar-refractivity contribution >= 4 is 29.9 Å². The van der Waals surface area contributed by atoms with Crippen LogP contribution in [0.5, 0.6) is 0 Å². The molecule has 8 heteroatoms. The maximum atomic E-state index is 5.20. The Hall–Kier alpha value is -1.65. The molecule has 2 aromatic rings. The van der Waals surface area contributed by atoms with E-state index < -0.39 is 0 Å². The Morgan fingerprint density at radius 3 is 2.61 bits per heavy atom. The fourth-order valence-electron chi connectivity index (χ4n) is 3.82. The summed E-state index contributed by atoms with van der Waals surface area (Å²) in [5, 5.41) is 11.3. The SMILES string of the molecule is CCNC(=NCc1ccccc1Cn1cccn1)NCC1CCN(CCOC)CC1.I. The number of aliphatic imine (C=N–C) groups is 1. The van der Waals surface area contributed by atoms with E-state index in [-0.39, 0.29) is 24.0 Å². The van der Waals surface area contributed by atoms with Gasteiger partial charge in [-0.1, -0.05) is 24.3 Å². The van der Waals surface area contributed by atoms with Crippen LogP contribution in [0.3, 0.4) is 0 Å². The number of piperidine rings is 1. The number of guanidine groups is 1. The maximum Gasteiger partial charge on any atom is 0.191 e. The second-order valence-corrected chi connectivity index (χ2v) is 7.83. The zero-order valence-electron chi connectivity index (χ0n) is 18.8. The quantitative estimate of drug-likeness (QED) is 0.276. The van der Waals surface area contributed by atoms with Crippen molar-refractivity contribution < 1.29 is 4.74 Å². The first-order valence-corrected chi connectivity index (χ1v) is 11.1. The van der Waals surface area contributed by atoms with Crippen LogP contribution in [0.4, 0.5) is 0 Å². The fraction of sp³-hybridized carbons (Fsp3) is 0.565. The van der Waals surface area contributed by atoms with Gasteiger partial charge >= 0.3 is 0 Å². The molecule has 31 heavy (non-hydrogen) atoms. The van der Waals surface area contributed by atoms with E-state index in [1.807, 2.05) is 23.1 Å². The minimum Gasteiger partial charge on any atom is -0.383 e. The monoisotopic (exact) mass is 540 g/mol. The van der Waals surface area contributed by atoms with Crippen molar-refractivity contribution in [1.82, 2.24) is 25.3 Å². The van der Waals surface area contributed by atoms with Gasteiger partial charge in [0.15, 0.2) is 5.96 Å². The van der Waals surface area contributed by atoms with Crippen molar-refractivity contribution in [2.75, 3.05) is 46.4 Å². The van der Waals surface area contributed by atoms with E-state index in [0.29, 0.717) is 12.5 Å². The van der Waals surface area contributed by atoms with Crippen LogP contribution in [0.25, 0.3) is 0 Å². The van der Waals surface area contributed by atoms with E-state index in [4.69, 9.17) is 9.73 Å². The molecule has 0 saturated carbocycles. The maximum absolute atomic E-state index is 5.20. The predicted octanol–water partition coefficient (Wildman–Crippen LogP) is 2.96. The standard InChI is InChI=1S/C23H36N6O.HI/c1-3-24-23(25-17-20-9-13-28(14-10-20)15-16-30-2)26-18-21-7-4-5-8-22(21)19-29-12-6-11-27-29;/h4-8,11-12,20H,3,9-10,13-19H2,1-2H3,(H2,24,25,26);1H. The third kappa shape index (κ3) is 8.78. The van der Waals surface area contributed by atoms with Crippen LogP contribution in [0.15, 0.2) is 47.7 Å². The Bertz CT molecular complexity index is 759. The molecule has 0 radical (unpaired) electrons. The number of ether oxygens (including phenoxy) is 1. The number of likely N-dealkylation sites (tertiary alicyclic amines) is 1. The number of hydrogen-bond acceptors (Lipinski definition) is 4. The smallest absolute Gasteiger partial charge is 0.191 e. The molecule has 2 N–H and O–H groups in total. The predicted molar refractivity (Wildman–Crippen MR) is 137 cm³/mol. The molecule has 3 rings (SSSR count). The summed E-state index contributed by atoms with van der Waals surface area (Å²) in [4.78, 5) is 7.35. The van der Waals surface area contributed by atoms with E-state index >= 15 is 0 Å². The average molecular weight is 540 g/mol. The van der Waals surface area contributed by atoms with Gasteiger partial charge in [0, 0.05) is 39.1 Å². The summed E-state index contributed by atoms with van der Waals surface area (Å²) in [5.41, 5.74) is 2.49. The van der Waals surface area contributed by atoms with Crippen molar-refractivity contribution in [3.8, 4) is 0 Å². The minimum atomic E-state index is 0. The van der Waals surface area contributed by atoms with E-state index in [1.54, 1.807) is 7.11 Å². The van der Waals surface area contributed by atoms with E-state index in [2.05, 4.69) is 51.8 Å². The number of rotatable bonds is 10. The van der Waals surface area contributed by atoms with Crippen molar-refractivity contribution in [2.24, 2.45) is 10.9 Å². The van der Waals surface area contributed by atoms with Gasteiger partial charge in [0.25, 0.3) is 0 Å². The lowest BCUT2D eigenvalue weighted by molar-refractivity contribution is 0.121. The first kappa shape index (κ1) is 25.6. The summed E-state index contributed by atoms with van der Waals surface area (Å²) in [6.45, 7) is 9.54. The molecule has 0 amide bonds. The highest BCUT2D eigenvalue weighted by Crippen LogP contribution is 2.16. The summed E-state index contributed by atoms with van der Waals surface area (Å²) in [6.07, 6.45) is 6.26. The van der Waals surface area contributed by atoms with Gasteiger partial charge in [-0.2, -0.15) is 5.10 Å². The lowest BCUT2D eigenvalue weighted by Crippen LogP contribution is -2.43. The minimum absolute atomic E-state index is 0. The summed E-state index contributed by atoms with van der Waals surface area (Å²) < 4.78 is 7.14. The molecule has 1 saturated heterocycles. The molecule has 0 atom stereocenters. The Morgan fingerprint density at radius 1 is 1.16 bits per heavy atom. The molecule has 1 aromatic heterocycles. The molecule has 172 valence electrons. The molecule has 0 unspecified atom stereocenters. The largest absolute Gasteiger partial charge is 0.383 e. The molecule has 0 aliphatic carbocycles. The molecule has 2 heterocycles. The second kappa shape index (κ2) is 14.4. The van der Waals surface area contributed by atoms with Crippen LogP contribution in [-0.4, -0.2) is 67.1 Å². The van der Waals surface area contributed by atoms with Gasteiger partial charge in [-0.15, -0.1) is 24.0 Å². The topological polar surface area (TPSA) is 66.7 Å². The highest BCUT2D eigenvalue weighted by atomic mass is 127. The van der Waals surface area contributed by atoms with Gasteiger partial charge in [-0.3, -0.25) is 4.68 Å². The zero-order valence-corrected chi connectivity index (χ0v) is 21.1. The highest BCUT2D eigenvalue weighted by molar-refractivity contribution is 14.0. The lowest BCUT2D eigenvalue weighted by atomic mass is 9.97. The third-order valence-electron chi connectivity index (χ3n) is 5.64. The van der Waals surface area contributed by atoms with Crippen molar-refractivity contribution in [3.63, 3.8) is 0 Å². The van der Waals surface area contributed by atoms with Crippen LogP contribution < -0.4 is 10.6 Å². The number of aromatic nitrogens is 2. The zero-order chi connectivity index (χ0) is 21.0. The highest BCUT2D eigenvalue weighted by Gasteiger charge is 2.19. The van der Waals surface area contributed by atoms with Gasteiger partial charge in [0.1, 0.15) is 0 Å². The van der Waals surface area contributed by atoms with Crippen LogP contribution in [-0.2, 0) is 17.8 Å². The van der Waals surface area contributed by atoms with E-state index in [0.717, 1.165) is 51.8 Å². The number of methoxy groups -OCH3 is 1.